The summed E-state index contributed by atoms with van der Waals surface area (Å²) in [6.45, 7) is 0.951. The van der Waals surface area contributed by atoms with E-state index in [4.69, 9.17) is 0 Å². The Hall–Kier alpha value is -1.98. The Bertz CT molecular complexity index is 359. The molecule has 0 aliphatic carbocycles. The summed E-state index contributed by atoms with van der Waals surface area (Å²) >= 11 is 0. The third-order valence-electron chi connectivity index (χ3n) is 3.02. The molecule has 0 saturated carbocycles. The Kier molecular flexibility index (Phi) is 4.22. The van der Waals surface area contributed by atoms with Gasteiger partial charge < -0.3 is 10.2 Å². The highest BCUT2D eigenvalue weighted by Crippen LogP contribution is 2.18. The van der Waals surface area contributed by atoms with Gasteiger partial charge in [-0.1, -0.05) is 0 Å². The van der Waals surface area contributed by atoms with Crippen LogP contribution < -0.4 is 5.32 Å². The average molecular weight is 248 g/mol. The number of nitrogens with zero attached hydrogens (tertiary/aromatic N) is 3. The molecular weight excluding hydrogens is 232 g/mol. The van der Waals surface area contributed by atoms with Crippen LogP contribution in [0.15, 0.2) is 24.8 Å². The van der Waals surface area contributed by atoms with Crippen molar-refractivity contribution in [3.63, 3.8) is 0 Å². The lowest BCUT2D eigenvalue weighted by molar-refractivity contribution is -0.147. The smallest absolute Gasteiger partial charge is 0.243 e. The molecule has 18 heavy (non-hydrogen) atoms. The normalized spacial score (nSPS) is 22.4. The second-order valence-electron chi connectivity index (χ2n) is 4.21. The SMILES string of the molecule is O=C1NCC(=O)N2CCCC[C@H]12.c1cnccn1. The zero-order valence-corrected chi connectivity index (χ0v) is 10.1. The summed E-state index contributed by atoms with van der Waals surface area (Å²) < 4.78 is 0. The predicted octanol–water partition coefficient (Wildman–Crippen LogP) is -0.0261. The summed E-state index contributed by atoms with van der Waals surface area (Å²) in [5, 5.41) is 2.60. The van der Waals surface area contributed by atoms with Crippen LogP contribution in [0.4, 0.5) is 0 Å². The minimum atomic E-state index is -0.167. The highest BCUT2D eigenvalue weighted by Gasteiger charge is 2.35. The first-order valence-electron chi connectivity index (χ1n) is 6.06. The lowest BCUT2D eigenvalue weighted by Gasteiger charge is -2.38. The van der Waals surface area contributed by atoms with E-state index in [0.29, 0.717) is 0 Å². The zero-order valence-electron chi connectivity index (χ0n) is 10.1. The van der Waals surface area contributed by atoms with Crippen LogP contribution in [0, 0.1) is 0 Å². The van der Waals surface area contributed by atoms with Crippen LogP contribution in [0.3, 0.4) is 0 Å². The fraction of sp³-hybridized carbons (Fsp3) is 0.500. The molecule has 3 heterocycles. The van der Waals surface area contributed by atoms with Crippen LogP contribution in [0.5, 0.6) is 0 Å². The number of aromatic nitrogens is 2. The summed E-state index contributed by atoms with van der Waals surface area (Å²) in [5.74, 6) is 0.0913. The first-order valence-corrected chi connectivity index (χ1v) is 6.06. The van der Waals surface area contributed by atoms with Crippen LogP contribution in [0.2, 0.25) is 0 Å². The molecule has 6 heteroatoms. The van der Waals surface area contributed by atoms with Gasteiger partial charge in [-0.2, -0.15) is 0 Å². The Morgan fingerprint density at radius 1 is 1.11 bits per heavy atom. The summed E-state index contributed by atoms with van der Waals surface area (Å²) in [6.07, 6.45) is 9.48. The molecule has 0 unspecified atom stereocenters. The molecule has 3 rings (SSSR count). The van der Waals surface area contributed by atoms with E-state index in [1.807, 2.05) is 0 Å². The lowest BCUT2D eigenvalue weighted by Crippen LogP contribution is -2.59. The standard InChI is InChI=1S/C8H12N2O2.C4H4N2/c11-7-5-9-8(12)6-3-1-2-4-10(6)7;1-2-6-4-3-5-1/h6H,1-5H2,(H,9,12);1-4H/t6-;/m1./s1. The van der Waals surface area contributed by atoms with Crippen molar-refractivity contribution in [1.82, 2.24) is 20.2 Å². The summed E-state index contributed by atoms with van der Waals surface area (Å²) in [5.41, 5.74) is 0. The largest absolute Gasteiger partial charge is 0.345 e. The molecule has 1 N–H and O–H groups in total. The van der Waals surface area contributed by atoms with Crippen molar-refractivity contribution in [2.24, 2.45) is 0 Å². The fourth-order valence-corrected chi connectivity index (χ4v) is 2.14. The van der Waals surface area contributed by atoms with E-state index in [1.165, 1.54) is 0 Å². The van der Waals surface area contributed by atoms with Crippen molar-refractivity contribution in [2.75, 3.05) is 13.1 Å². The van der Waals surface area contributed by atoms with E-state index in [1.54, 1.807) is 29.7 Å². The monoisotopic (exact) mass is 248 g/mol. The molecule has 0 radical (unpaired) electrons. The average Bonchev–Trinajstić information content (AvgIpc) is 2.46. The third kappa shape index (κ3) is 3.03. The maximum Gasteiger partial charge on any atom is 0.243 e. The van der Waals surface area contributed by atoms with Crippen LogP contribution in [0.25, 0.3) is 0 Å². The molecule has 2 amide bonds. The van der Waals surface area contributed by atoms with Crippen molar-refractivity contribution in [3.8, 4) is 0 Å². The van der Waals surface area contributed by atoms with Crippen molar-refractivity contribution in [1.29, 1.82) is 0 Å². The number of hydrogen-bond donors (Lipinski definition) is 1. The van der Waals surface area contributed by atoms with Gasteiger partial charge in [-0.05, 0) is 19.3 Å². The molecule has 0 bridgehead atoms. The van der Waals surface area contributed by atoms with Crippen LogP contribution in [-0.2, 0) is 9.59 Å². The highest BCUT2D eigenvalue weighted by molar-refractivity contribution is 5.94. The topological polar surface area (TPSA) is 75.2 Å². The Balaban J connectivity index is 0.000000169. The van der Waals surface area contributed by atoms with Crippen molar-refractivity contribution in [3.05, 3.63) is 24.8 Å². The van der Waals surface area contributed by atoms with Crippen molar-refractivity contribution >= 4 is 11.8 Å². The van der Waals surface area contributed by atoms with Crippen LogP contribution >= 0.6 is 0 Å². The van der Waals surface area contributed by atoms with E-state index in [9.17, 15) is 9.59 Å². The number of amides is 2. The van der Waals surface area contributed by atoms with Crippen molar-refractivity contribution < 1.29 is 9.59 Å². The van der Waals surface area contributed by atoms with Gasteiger partial charge in [0.2, 0.25) is 11.8 Å². The highest BCUT2D eigenvalue weighted by atomic mass is 16.2. The van der Waals surface area contributed by atoms with Gasteiger partial charge in [0.1, 0.15) is 6.04 Å². The van der Waals surface area contributed by atoms with Gasteiger partial charge in [0.25, 0.3) is 0 Å². The second kappa shape index (κ2) is 6.09. The van der Waals surface area contributed by atoms with Gasteiger partial charge in [0.05, 0.1) is 6.54 Å². The molecule has 2 aliphatic heterocycles. The van der Waals surface area contributed by atoms with Crippen LogP contribution in [0.1, 0.15) is 19.3 Å². The third-order valence-corrected chi connectivity index (χ3v) is 3.02. The number of carbonyl (C=O) groups is 2. The Morgan fingerprint density at radius 3 is 2.33 bits per heavy atom. The Morgan fingerprint density at radius 2 is 1.78 bits per heavy atom. The molecular formula is C12H16N4O2. The van der Waals surface area contributed by atoms with Gasteiger partial charge >= 0.3 is 0 Å². The molecule has 2 fully saturated rings. The second-order valence-corrected chi connectivity index (χ2v) is 4.21. The summed E-state index contributed by atoms with van der Waals surface area (Å²) in [7, 11) is 0. The number of hydrogen-bond acceptors (Lipinski definition) is 4. The van der Waals surface area contributed by atoms with Gasteiger partial charge in [0.15, 0.2) is 0 Å². The lowest BCUT2D eigenvalue weighted by atomic mass is 9.99. The molecule has 1 aromatic heterocycles. The van der Waals surface area contributed by atoms with Crippen LogP contribution in [-0.4, -0.2) is 45.8 Å². The predicted molar refractivity (Wildman–Crippen MR) is 64.4 cm³/mol. The van der Waals surface area contributed by atoms with Gasteiger partial charge in [-0.3, -0.25) is 19.6 Å². The maximum absolute atomic E-state index is 11.3. The maximum atomic E-state index is 11.3. The van der Waals surface area contributed by atoms with E-state index in [-0.39, 0.29) is 24.4 Å². The molecule has 0 aromatic carbocycles. The minimum Gasteiger partial charge on any atom is -0.345 e. The fourth-order valence-electron chi connectivity index (χ4n) is 2.14. The molecule has 1 atom stereocenters. The van der Waals surface area contributed by atoms with E-state index < -0.39 is 0 Å². The number of piperidine rings is 1. The number of nitrogens with one attached hydrogen (secondary N) is 1. The Labute approximate surface area is 105 Å². The minimum absolute atomic E-state index is 0.0225. The molecule has 0 spiro atoms. The first kappa shape index (κ1) is 12.5. The molecule has 2 saturated heterocycles. The molecule has 96 valence electrons. The molecule has 6 nitrogen and oxygen atoms in total. The molecule has 2 aliphatic rings. The summed E-state index contributed by atoms with van der Waals surface area (Å²) in [6, 6.07) is -0.167. The number of piperazine rings is 1. The zero-order chi connectivity index (χ0) is 12.8. The van der Waals surface area contributed by atoms with Crippen molar-refractivity contribution in [2.45, 2.75) is 25.3 Å². The van der Waals surface area contributed by atoms with E-state index in [2.05, 4.69) is 15.3 Å². The number of fused-ring (bicyclic) bond motifs is 1. The van der Waals surface area contributed by atoms with Gasteiger partial charge in [-0.25, -0.2) is 0 Å². The van der Waals surface area contributed by atoms with Gasteiger partial charge in [-0.15, -0.1) is 0 Å². The number of carbonyl (C=O) groups excluding carboxylic acids is 2. The van der Waals surface area contributed by atoms with Gasteiger partial charge in [0, 0.05) is 31.3 Å². The quantitative estimate of drug-likeness (QED) is 0.700. The van der Waals surface area contributed by atoms with E-state index >= 15 is 0 Å². The van der Waals surface area contributed by atoms with E-state index in [0.717, 1.165) is 25.8 Å². The molecule has 1 aromatic rings. The number of rotatable bonds is 0. The first-order chi connectivity index (χ1) is 8.79. The summed E-state index contributed by atoms with van der Waals surface area (Å²) in [4.78, 5) is 31.7.